The Morgan fingerprint density at radius 1 is 0.387 bits per heavy atom. The van der Waals surface area contributed by atoms with Crippen LogP contribution in [0.2, 0.25) is 0 Å². The molecule has 3 nitrogen and oxygen atoms in total. The van der Waals surface area contributed by atoms with Gasteiger partial charge in [0.15, 0.2) is 0 Å². The van der Waals surface area contributed by atoms with Crippen LogP contribution in [0.3, 0.4) is 0 Å². The number of benzene rings is 7. The fraction of sp³-hybridized carbons (Fsp3) is 0.500. The highest BCUT2D eigenvalue weighted by Crippen LogP contribution is 2.65. The molecule has 0 saturated heterocycles. The molecule has 7 aromatic carbocycles. The lowest BCUT2D eigenvalue weighted by atomic mass is 9.35. The third-order valence-corrected chi connectivity index (χ3v) is 28.4. The number of thiophene rings is 1. The number of nitrogens with zero attached hydrogens (tertiary/aromatic N) is 3. The number of rotatable bonds is 4. The van der Waals surface area contributed by atoms with Crippen molar-refractivity contribution >= 4 is 89.3 Å². The summed E-state index contributed by atoms with van der Waals surface area (Å²) in [6.45, 7) is 53.0. The molecule has 3 aliphatic heterocycles. The normalized spacial score (nSPS) is 24.8. The van der Waals surface area contributed by atoms with E-state index in [0.717, 1.165) is 25.7 Å². The Morgan fingerprint density at radius 2 is 0.882 bits per heavy atom. The van der Waals surface area contributed by atoms with E-state index in [2.05, 4.69) is 287 Å². The van der Waals surface area contributed by atoms with E-state index in [4.69, 9.17) is 0 Å². The van der Waals surface area contributed by atoms with Crippen LogP contribution >= 0.6 is 11.3 Å². The Bertz CT molecular complexity index is 4510. The van der Waals surface area contributed by atoms with Crippen LogP contribution in [0.4, 0.5) is 45.5 Å². The summed E-state index contributed by atoms with van der Waals surface area (Å²) in [5, 5.41) is 1.41. The Labute approximate surface area is 564 Å². The Morgan fingerprint density at radius 3 is 1.46 bits per heavy atom. The predicted octanol–water partition coefficient (Wildman–Crippen LogP) is 23.1. The van der Waals surface area contributed by atoms with E-state index in [9.17, 15) is 0 Å². The third-order valence-electron chi connectivity index (χ3n) is 27.2. The molecule has 8 aliphatic rings. The summed E-state index contributed by atoms with van der Waals surface area (Å²) in [6.07, 6.45) is 14.2. The van der Waals surface area contributed by atoms with E-state index >= 15 is 0 Å². The van der Waals surface area contributed by atoms with Crippen molar-refractivity contribution in [2.75, 3.05) is 14.7 Å². The topological polar surface area (TPSA) is 9.72 Å². The smallest absolute Gasteiger partial charge is 0.264 e. The van der Waals surface area contributed by atoms with Crippen LogP contribution in [-0.2, 0) is 54.1 Å². The SMILES string of the molecule is CC(C)(C)c1ccc(N2c3cc4c(cc3B3c5sc6cc7c(cc6c5N(c5ccc6c(c5)C(C)(C)CCC6(C)C)c5cc(N6c8cc9c(cc8C8(C)CCCCC68C)C(C)(C)CCC9(C)C)cc2c53)C(C)(C)CCC7(C)C)C(C)(C)CCC4(C)C)c(-c2ccccc2)c1. The second-order valence-corrected chi connectivity index (χ2v) is 39.0. The van der Waals surface area contributed by atoms with Gasteiger partial charge < -0.3 is 14.7 Å². The monoisotopic (exact) mass is 1250 g/mol. The molecule has 5 aliphatic carbocycles. The van der Waals surface area contributed by atoms with Crippen LogP contribution in [0, 0.1) is 0 Å². The van der Waals surface area contributed by atoms with Gasteiger partial charge >= 0.3 is 0 Å². The lowest BCUT2D eigenvalue weighted by Crippen LogP contribution is -2.61. The van der Waals surface area contributed by atoms with E-state index in [0.29, 0.717) is 0 Å². The lowest BCUT2D eigenvalue weighted by molar-refractivity contribution is 0.194. The highest BCUT2D eigenvalue weighted by molar-refractivity contribution is 7.33. The van der Waals surface area contributed by atoms with E-state index in [1.54, 1.807) is 22.3 Å². The van der Waals surface area contributed by atoms with Gasteiger partial charge in [0.1, 0.15) is 0 Å². The van der Waals surface area contributed by atoms with Crippen LogP contribution in [0.25, 0.3) is 21.2 Å². The first-order valence-corrected chi connectivity index (χ1v) is 37.1. The minimum atomic E-state index is -0.194. The van der Waals surface area contributed by atoms with Gasteiger partial charge in [-0.1, -0.05) is 206 Å². The van der Waals surface area contributed by atoms with Gasteiger partial charge in [-0.25, -0.2) is 0 Å². The van der Waals surface area contributed by atoms with Gasteiger partial charge in [-0.15, -0.1) is 11.3 Å². The molecule has 5 heteroatoms. The molecule has 0 bridgehead atoms. The van der Waals surface area contributed by atoms with Gasteiger partial charge in [-0.2, -0.15) is 0 Å². The van der Waals surface area contributed by atoms with Gasteiger partial charge in [-0.05, 0) is 253 Å². The molecule has 1 aromatic heterocycles. The molecule has 0 N–H and O–H groups in total. The number of hydrogen-bond acceptors (Lipinski definition) is 4. The summed E-state index contributed by atoms with van der Waals surface area (Å²) >= 11 is 2.12. The van der Waals surface area contributed by atoms with E-state index in [1.807, 2.05) is 0 Å². The summed E-state index contributed by atoms with van der Waals surface area (Å²) in [7, 11) is 0. The van der Waals surface area contributed by atoms with Crippen molar-refractivity contribution in [3.8, 4) is 11.1 Å². The molecule has 482 valence electrons. The standard InChI is InChI=1S/C88H106BN3S/c1-78(2,3)54-29-32-69(57(43-54)53-27-23-22-24-28-53)91-71-51-65-63(83(12,13)39-41-85(65,16)17)49-68(71)89-75-72(45-56(46-73(75)91)92-70-50-64-62(82(10,11)38-40-84(64,14)15)48-67(70)87(20)33-25-26-34-88(87,92)21)90(55-30-31-59-60(44-55)80(6,7)36-35-79(59,4)5)76-58-47-61-66(52-74(58)93-77(76)89)86(18,19)42-37-81(61,8)9/h22-24,27-32,43-52H,25-26,33-42H2,1-21H3. The fourth-order valence-corrected chi connectivity index (χ4v) is 21.5. The first-order valence-electron chi connectivity index (χ1n) is 36.3. The van der Waals surface area contributed by atoms with Gasteiger partial charge in [-0.3, -0.25) is 0 Å². The molecule has 93 heavy (non-hydrogen) atoms. The average molecular weight is 1250 g/mol. The first-order chi connectivity index (χ1) is 43.4. The first kappa shape index (κ1) is 61.8. The summed E-state index contributed by atoms with van der Waals surface area (Å²) in [5.41, 5.74) is 31.3. The summed E-state index contributed by atoms with van der Waals surface area (Å²) in [6, 6.07) is 48.9. The maximum Gasteiger partial charge on any atom is 0.264 e. The molecule has 1 fully saturated rings. The summed E-state index contributed by atoms with van der Waals surface area (Å²) < 4.78 is 2.90. The average Bonchev–Trinajstić information content (AvgIpc) is 1.64. The zero-order valence-electron chi connectivity index (χ0n) is 60.8. The summed E-state index contributed by atoms with van der Waals surface area (Å²) in [5.74, 6) is 0. The molecule has 0 radical (unpaired) electrons. The molecule has 2 unspecified atom stereocenters. The van der Waals surface area contributed by atoms with E-state index in [-0.39, 0.29) is 66.4 Å². The third kappa shape index (κ3) is 8.70. The Balaban J connectivity index is 1.10. The molecule has 8 aromatic rings. The van der Waals surface area contributed by atoms with Crippen molar-refractivity contribution in [1.82, 2.24) is 0 Å². The van der Waals surface area contributed by atoms with E-state index in [1.165, 1.54) is 167 Å². The zero-order chi connectivity index (χ0) is 65.9. The minimum absolute atomic E-state index is 0.000925. The largest absolute Gasteiger partial charge is 0.334 e. The van der Waals surface area contributed by atoms with Crippen LogP contribution in [0.5, 0.6) is 0 Å². The molecule has 1 saturated carbocycles. The van der Waals surface area contributed by atoms with Crippen molar-refractivity contribution in [1.29, 1.82) is 0 Å². The summed E-state index contributed by atoms with van der Waals surface area (Å²) in [4.78, 5) is 8.71. The number of hydrogen-bond donors (Lipinski definition) is 0. The molecular formula is C88H106BN3S. The van der Waals surface area contributed by atoms with Crippen LogP contribution in [-0.4, -0.2) is 12.3 Å². The van der Waals surface area contributed by atoms with Crippen molar-refractivity contribution < 1.29 is 0 Å². The van der Waals surface area contributed by atoms with Crippen molar-refractivity contribution in [3.05, 3.63) is 171 Å². The minimum Gasteiger partial charge on any atom is -0.334 e. The number of fused-ring (bicyclic) bond motifs is 13. The fourth-order valence-electron chi connectivity index (χ4n) is 20.2. The van der Waals surface area contributed by atoms with Crippen LogP contribution < -0.4 is 30.4 Å². The van der Waals surface area contributed by atoms with Crippen molar-refractivity contribution in [2.24, 2.45) is 0 Å². The zero-order valence-corrected chi connectivity index (χ0v) is 61.6. The molecule has 16 rings (SSSR count). The Hall–Kier alpha value is -6.04. The highest BCUT2D eigenvalue weighted by Gasteiger charge is 2.60. The van der Waals surface area contributed by atoms with Gasteiger partial charge in [0.05, 0.1) is 16.9 Å². The molecule has 0 amide bonds. The lowest BCUT2D eigenvalue weighted by Gasteiger charge is -2.51. The second-order valence-electron chi connectivity index (χ2n) is 37.9. The van der Waals surface area contributed by atoms with Crippen LogP contribution in [0.1, 0.15) is 278 Å². The molecule has 2 atom stereocenters. The van der Waals surface area contributed by atoms with Gasteiger partial charge in [0, 0.05) is 60.0 Å². The Kier molecular flexibility index (Phi) is 12.9. The highest BCUT2D eigenvalue weighted by atomic mass is 32.1. The quantitative estimate of drug-likeness (QED) is 0.163. The van der Waals surface area contributed by atoms with E-state index < -0.39 is 0 Å². The van der Waals surface area contributed by atoms with Gasteiger partial charge in [0.2, 0.25) is 0 Å². The molecule has 4 heterocycles. The van der Waals surface area contributed by atoms with Crippen molar-refractivity contribution in [2.45, 2.75) is 282 Å². The second kappa shape index (κ2) is 19.4. The maximum absolute atomic E-state index is 2.98. The maximum atomic E-state index is 2.98. The molecule has 0 spiro atoms. The van der Waals surface area contributed by atoms with Crippen molar-refractivity contribution in [3.63, 3.8) is 0 Å². The number of anilines is 8. The van der Waals surface area contributed by atoms with Gasteiger partial charge in [0.25, 0.3) is 6.71 Å². The molecular weight excluding hydrogens is 1140 g/mol. The van der Waals surface area contributed by atoms with Crippen LogP contribution in [0.15, 0.2) is 115 Å². The predicted molar refractivity (Wildman–Crippen MR) is 404 cm³/mol.